The van der Waals surface area contributed by atoms with Gasteiger partial charge in [0.1, 0.15) is 5.75 Å². The van der Waals surface area contributed by atoms with E-state index in [9.17, 15) is 0 Å². The minimum absolute atomic E-state index is 0.785. The number of thioether (sulfide) groups is 1. The van der Waals surface area contributed by atoms with Crippen molar-refractivity contribution >= 4 is 27.7 Å². The van der Waals surface area contributed by atoms with Gasteiger partial charge in [-0.25, -0.2) is 0 Å². The van der Waals surface area contributed by atoms with Gasteiger partial charge >= 0.3 is 0 Å². The molecule has 0 radical (unpaired) electrons. The third-order valence-corrected chi connectivity index (χ3v) is 5.34. The SMILES string of the molecule is CCCOc1ccc(Br)cc1CNCC1CCCCS1. The van der Waals surface area contributed by atoms with Gasteiger partial charge in [0.2, 0.25) is 0 Å². The number of hydrogen-bond acceptors (Lipinski definition) is 3. The lowest BCUT2D eigenvalue weighted by Crippen LogP contribution is -2.26. The van der Waals surface area contributed by atoms with Crippen molar-refractivity contribution in [2.75, 3.05) is 18.9 Å². The van der Waals surface area contributed by atoms with E-state index in [4.69, 9.17) is 4.74 Å². The largest absolute Gasteiger partial charge is 0.493 e. The molecule has 0 spiro atoms. The molecule has 4 heteroatoms. The van der Waals surface area contributed by atoms with E-state index in [2.05, 4.69) is 52.1 Å². The summed E-state index contributed by atoms with van der Waals surface area (Å²) in [5.74, 6) is 2.34. The van der Waals surface area contributed by atoms with Crippen molar-refractivity contribution in [2.24, 2.45) is 0 Å². The first-order valence-electron chi connectivity index (χ1n) is 7.53. The lowest BCUT2D eigenvalue weighted by atomic mass is 10.1. The highest BCUT2D eigenvalue weighted by Crippen LogP contribution is 2.26. The Labute approximate surface area is 135 Å². The summed E-state index contributed by atoms with van der Waals surface area (Å²) in [6.07, 6.45) is 5.18. The van der Waals surface area contributed by atoms with Crippen LogP contribution in [0.1, 0.15) is 38.2 Å². The maximum absolute atomic E-state index is 5.82. The molecule has 20 heavy (non-hydrogen) atoms. The van der Waals surface area contributed by atoms with Crippen LogP contribution in [-0.4, -0.2) is 24.2 Å². The number of benzene rings is 1. The summed E-state index contributed by atoms with van der Waals surface area (Å²) in [5, 5.41) is 4.38. The first kappa shape index (κ1) is 16.2. The van der Waals surface area contributed by atoms with Gasteiger partial charge < -0.3 is 10.1 Å². The fourth-order valence-electron chi connectivity index (χ4n) is 2.38. The minimum atomic E-state index is 0.785. The molecule has 2 nitrogen and oxygen atoms in total. The van der Waals surface area contributed by atoms with Crippen LogP contribution in [0.25, 0.3) is 0 Å². The van der Waals surface area contributed by atoms with Gasteiger partial charge in [0, 0.05) is 28.4 Å². The number of hydrogen-bond donors (Lipinski definition) is 1. The summed E-state index contributed by atoms with van der Waals surface area (Å²) in [6.45, 7) is 4.91. The molecule has 112 valence electrons. The standard InChI is InChI=1S/C16H24BrNOS/c1-2-8-19-16-7-6-14(17)10-13(16)11-18-12-15-5-3-4-9-20-15/h6-7,10,15,18H,2-5,8-9,11-12H2,1H3. The Bertz CT molecular complexity index is 407. The van der Waals surface area contributed by atoms with Gasteiger partial charge in [0.15, 0.2) is 0 Å². The van der Waals surface area contributed by atoms with Crippen LogP contribution in [-0.2, 0) is 6.54 Å². The number of nitrogens with one attached hydrogen (secondary N) is 1. The molecule has 0 aliphatic carbocycles. The van der Waals surface area contributed by atoms with Crippen LogP contribution in [0.15, 0.2) is 22.7 Å². The Balaban J connectivity index is 1.85. The monoisotopic (exact) mass is 357 g/mol. The Morgan fingerprint density at radius 1 is 1.40 bits per heavy atom. The van der Waals surface area contributed by atoms with Crippen molar-refractivity contribution < 1.29 is 4.74 Å². The fraction of sp³-hybridized carbons (Fsp3) is 0.625. The molecule has 1 saturated heterocycles. The molecule has 1 aliphatic heterocycles. The highest BCUT2D eigenvalue weighted by Gasteiger charge is 2.13. The van der Waals surface area contributed by atoms with Crippen LogP contribution >= 0.6 is 27.7 Å². The second kappa shape index (κ2) is 8.96. The highest BCUT2D eigenvalue weighted by molar-refractivity contribution is 9.10. The Morgan fingerprint density at radius 3 is 3.05 bits per heavy atom. The lowest BCUT2D eigenvalue weighted by Gasteiger charge is -2.21. The van der Waals surface area contributed by atoms with E-state index in [0.29, 0.717) is 0 Å². The molecule has 1 atom stereocenters. The van der Waals surface area contributed by atoms with Gasteiger partial charge in [0.25, 0.3) is 0 Å². The van der Waals surface area contributed by atoms with Crippen LogP contribution in [0.4, 0.5) is 0 Å². The number of halogens is 1. The van der Waals surface area contributed by atoms with E-state index in [-0.39, 0.29) is 0 Å². The molecular weight excluding hydrogens is 334 g/mol. The summed E-state index contributed by atoms with van der Waals surface area (Å²) in [7, 11) is 0. The molecular formula is C16H24BrNOS. The molecule has 1 aromatic rings. The maximum Gasteiger partial charge on any atom is 0.123 e. The molecule has 1 fully saturated rings. The van der Waals surface area contributed by atoms with Gasteiger partial charge in [-0.15, -0.1) is 0 Å². The van der Waals surface area contributed by atoms with Crippen LogP contribution in [0.3, 0.4) is 0 Å². The molecule has 1 N–H and O–H groups in total. The van der Waals surface area contributed by atoms with E-state index in [0.717, 1.165) is 41.6 Å². The summed E-state index contributed by atoms with van der Waals surface area (Å²) in [6, 6.07) is 6.27. The second-order valence-electron chi connectivity index (χ2n) is 5.22. The van der Waals surface area contributed by atoms with E-state index in [1.165, 1.54) is 30.6 Å². The maximum atomic E-state index is 5.82. The first-order valence-corrected chi connectivity index (χ1v) is 9.37. The van der Waals surface area contributed by atoms with Gasteiger partial charge in [0.05, 0.1) is 6.61 Å². The quantitative estimate of drug-likeness (QED) is 0.769. The normalized spacial score (nSPS) is 19.0. The lowest BCUT2D eigenvalue weighted by molar-refractivity contribution is 0.313. The van der Waals surface area contributed by atoms with E-state index in [1.54, 1.807) is 0 Å². The zero-order valence-corrected chi connectivity index (χ0v) is 14.6. The van der Waals surface area contributed by atoms with Crippen molar-refractivity contribution in [1.29, 1.82) is 0 Å². The smallest absolute Gasteiger partial charge is 0.123 e. The number of ether oxygens (including phenoxy) is 1. The van der Waals surface area contributed by atoms with Gasteiger partial charge in [-0.1, -0.05) is 29.3 Å². The van der Waals surface area contributed by atoms with Crippen molar-refractivity contribution in [1.82, 2.24) is 5.32 Å². The Kier molecular flexibility index (Phi) is 7.25. The topological polar surface area (TPSA) is 21.3 Å². The molecule has 2 rings (SSSR count). The molecule has 0 amide bonds. The van der Waals surface area contributed by atoms with E-state index in [1.807, 2.05) is 6.07 Å². The zero-order chi connectivity index (χ0) is 14.2. The van der Waals surface area contributed by atoms with Crippen LogP contribution in [0, 0.1) is 0 Å². The van der Waals surface area contributed by atoms with Gasteiger partial charge in [-0.05, 0) is 43.2 Å². The van der Waals surface area contributed by atoms with Crippen molar-refractivity contribution in [3.05, 3.63) is 28.2 Å². The van der Waals surface area contributed by atoms with E-state index < -0.39 is 0 Å². The molecule has 1 aromatic carbocycles. The van der Waals surface area contributed by atoms with Crippen molar-refractivity contribution in [2.45, 2.75) is 44.4 Å². The van der Waals surface area contributed by atoms with Crippen LogP contribution < -0.4 is 10.1 Å². The van der Waals surface area contributed by atoms with E-state index >= 15 is 0 Å². The average molecular weight is 358 g/mol. The summed E-state index contributed by atoms with van der Waals surface area (Å²) in [5.41, 5.74) is 1.24. The molecule has 0 aromatic heterocycles. The van der Waals surface area contributed by atoms with Crippen molar-refractivity contribution in [3.63, 3.8) is 0 Å². The van der Waals surface area contributed by atoms with Gasteiger partial charge in [-0.3, -0.25) is 0 Å². The Morgan fingerprint density at radius 2 is 2.30 bits per heavy atom. The molecule has 0 bridgehead atoms. The molecule has 1 heterocycles. The third kappa shape index (κ3) is 5.30. The molecule has 1 aliphatic rings. The third-order valence-electron chi connectivity index (χ3n) is 3.45. The first-order chi connectivity index (χ1) is 9.79. The fourth-order valence-corrected chi connectivity index (χ4v) is 4.06. The average Bonchev–Trinajstić information content (AvgIpc) is 2.47. The predicted molar refractivity (Wildman–Crippen MR) is 91.7 cm³/mol. The zero-order valence-electron chi connectivity index (χ0n) is 12.2. The van der Waals surface area contributed by atoms with Crippen LogP contribution in [0.5, 0.6) is 5.75 Å². The minimum Gasteiger partial charge on any atom is -0.493 e. The summed E-state index contributed by atoms with van der Waals surface area (Å²) in [4.78, 5) is 0. The molecule has 0 saturated carbocycles. The van der Waals surface area contributed by atoms with Gasteiger partial charge in [-0.2, -0.15) is 11.8 Å². The highest BCUT2D eigenvalue weighted by atomic mass is 79.9. The summed E-state index contributed by atoms with van der Waals surface area (Å²) >= 11 is 5.66. The van der Waals surface area contributed by atoms with Crippen molar-refractivity contribution in [3.8, 4) is 5.75 Å². The Hall–Kier alpha value is -0.190. The summed E-state index contributed by atoms with van der Waals surface area (Å²) < 4.78 is 6.93. The van der Waals surface area contributed by atoms with Crippen LogP contribution in [0.2, 0.25) is 0 Å². The second-order valence-corrected chi connectivity index (χ2v) is 7.54. The molecule has 1 unspecified atom stereocenters. The predicted octanol–water partition coefficient (Wildman–Crippen LogP) is 4.61. The number of rotatable bonds is 7.